The maximum absolute atomic E-state index is 11.6. The fourth-order valence-electron chi connectivity index (χ4n) is 3.04. The zero-order valence-electron chi connectivity index (χ0n) is 17.5. The van der Waals surface area contributed by atoms with E-state index in [9.17, 15) is 9.59 Å². The van der Waals surface area contributed by atoms with Crippen LogP contribution >= 0.6 is 0 Å². The van der Waals surface area contributed by atoms with Crippen molar-refractivity contribution in [2.45, 2.75) is 117 Å². The first-order valence-electron chi connectivity index (χ1n) is 11.1. The van der Waals surface area contributed by atoms with Gasteiger partial charge in [0.25, 0.3) is 0 Å². The van der Waals surface area contributed by atoms with Gasteiger partial charge in [0, 0.05) is 19.9 Å². The highest BCUT2D eigenvalue weighted by molar-refractivity contribution is 5.72. The van der Waals surface area contributed by atoms with Gasteiger partial charge >= 0.3 is 5.97 Å². The van der Waals surface area contributed by atoms with Crippen molar-refractivity contribution in [3.05, 3.63) is 0 Å². The normalized spacial score (nSPS) is 10.7. The van der Waals surface area contributed by atoms with Crippen molar-refractivity contribution >= 4 is 11.9 Å². The number of hydrogen-bond acceptors (Lipinski definition) is 3. The van der Waals surface area contributed by atoms with Crippen LogP contribution in [0.2, 0.25) is 0 Å². The molecule has 0 aromatic carbocycles. The molecule has 0 aliphatic heterocycles. The minimum atomic E-state index is -0.0424. The Bertz CT molecular complexity index is 331. The van der Waals surface area contributed by atoms with Gasteiger partial charge in [0.1, 0.15) is 0 Å². The summed E-state index contributed by atoms with van der Waals surface area (Å²) in [5, 5.41) is 2.80. The molecule has 0 saturated carbocycles. The Kier molecular flexibility index (Phi) is 19.4. The van der Waals surface area contributed by atoms with Crippen LogP contribution in [0.4, 0.5) is 0 Å². The zero-order chi connectivity index (χ0) is 19.3. The maximum atomic E-state index is 11.6. The van der Waals surface area contributed by atoms with E-state index in [1.54, 1.807) is 6.92 Å². The fraction of sp³-hybridized carbons (Fsp3) is 0.909. The Labute approximate surface area is 161 Å². The molecule has 0 bridgehead atoms. The molecule has 0 unspecified atom stereocenters. The van der Waals surface area contributed by atoms with E-state index >= 15 is 0 Å². The van der Waals surface area contributed by atoms with Crippen molar-refractivity contribution in [2.24, 2.45) is 0 Å². The number of rotatable bonds is 19. The van der Waals surface area contributed by atoms with Gasteiger partial charge in [-0.1, -0.05) is 84.0 Å². The monoisotopic (exact) mass is 369 g/mol. The summed E-state index contributed by atoms with van der Waals surface area (Å²) in [5.74, 6) is -0.00525. The van der Waals surface area contributed by atoms with Gasteiger partial charge in [-0.3, -0.25) is 9.59 Å². The Hall–Kier alpha value is -1.06. The molecule has 1 N–H and O–H groups in total. The average molecular weight is 370 g/mol. The second-order valence-corrected chi connectivity index (χ2v) is 7.40. The molecule has 0 aliphatic carbocycles. The third kappa shape index (κ3) is 21.0. The molecule has 0 aliphatic rings. The van der Waals surface area contributed by atoms with E-state index in [0.717, 1.165) is 45.1 Å². The van der Waals surface area contributed by atoms with Crippen LogP contribution in [0.25, 0.3) is 0 Å². The molecule has 154 valence electrons. The van der Waals surface area contributed by atoms with Crippen LogP contribution in [0.3, 0.4) is 0 Å². The van der Waals surface area contributed by atoms with Crippen LogP contribution in [0.1, 0.15) is 117 Å². The van der Waals surface area contributed by atoms with Crippen LogP contribution in [-0.4, -0.2) is 25.0 Å². The van der Waals surface area contributed by atoms with Gasteiger partial charge in [-0.2, -0.15) is 0 Å². The van der Waals surface area contributed by atoms with Crippen molar-refractivity contribution in [3.8, 4) is 0 Å². The summed E-state index contributed by atoms with van der Waals surface area (Å²) in [6, 6.07) is 0. The summed E-state index contributed by atoms with van der Waals surface area (Å²) in [7, 11) is 0. The number of carbonyl (C=O) groups excluding carboxylic acids is 2. The standard InChI is InChI=1S/C22H43NO3/c1-3-4-5-6-7-8-9-10-14-17-20-26-22(25)18-15-12-11-13-16-19-23-21(2)24/h3-20H2,1-2H3,(H,23,24). The van der Waals surface area contributed by atoms with Crippen LogP contribution in [0.15, 0.2) is 0 Å². The molecule has 4 nitrogen and oxygen atoms in total. The molecule has 0 atom stereocenters. The van der Waals surface area contributed by atoms with Gasteiger partial charge in [0.05, 0.1) is 6.61 Å². The smallest absolute Gasteiger partial charge is 0.305 e. The first kappa shape index (κ1) is 24.9. The molecule has 0 spiro atoms. The highest BCUT2D eigenvalue weighted by Gasteiger charge is 2.02. The van der Waals surface area contributed by atoms with Crippen molar-refractivity contribution in [1.82, 2.24) is 5.32 Å². The zero-order valence-corrected chi connectivity index (χ0v) is 17.5. The number of esters is 1. The molecule has 0 saturated heterocycles. The largest absolute Gasteiger partial charge is 0.466 e. The molecule has 0 aromatic rings. The van der Waals surface area contributed by atoms with Crippen molar-refractivity contribution < 1.29 is 14.3 Å². The van der Waals surface area contributed by atoms with Crippen molar-refractivity contribution in [1.29, 1.82) is 0 Å². The number of nitrogens with one attached hydrogen (secondary N) is 1. The highest BCUT2D eigenvalue weighted by Crippen LogP contribution is 2.11. The number of amides is 1. The Morgan fingerprint density at radius 3 is 1.77 bits per heavy atom. The number of ether oxygens (including phenoxy) is 1. The summed E-state index contributed by atoms with van der Waals surface area (Å²) in [4.78, 5) is 22.4. The van der Waals surface area contributed by atoms with Gasteiger partial charge in [0.15, 0.2) is 0 Å². The van der Waals surface area contributed by atoms with Gasteiger partial charge < -0.3 is 10.1 Å². The molecule has 0 rings (SSSR count). The molecule has 0 heterocycles. The van der Waals surface area contributed by atoms with E-state index < -0.39 is 0 Å². The van der Waals surface area contributed by atoms with E-state index in [1.807, 2.05) is 0 Å². The molecule has 0 fully saturated rings. The quantitative estimate of drug-likeness (QED) is 0.227. The Morgan fingerprint density at radius 2 is 1.19 bits per heavy atom. The third-order valence-corrected chi connectivity index (χ3v) is 4.69. The van der Waals surface area contributed by atoms with Crippen LogP contribution in [0.5, 0.6) is 0 Å². The third-order valence-electron chi connectivity index (χ3n) is 4.69. The molecule has 26 heavy (non-hydrogen) atoms. The summed E-state index contributed by atoms with van der Waals surface area (Å²) in [6.45, 7) is 5.15. The fourth-order valence-corrected chi connectivity index (χ4v) is 3.04. The number of unbranched alkanes of at least 4 members (excludes halogenated alkanes) is 13. The van der Waals surface area contributed by atoms with Crippen LogP contribution < -0.4 is 5.32 Å². The van der Waals surface area contributed by atoms with Crippen molar-refractivity contribution in [3.63, 3.8) is 0 Å². The lowest BCUT2D eigenvalue weighted by Crippen LogP contribution is -2.20. The van der Waals surface area contributed by atoms with Gasteiger partial charge in [-0.25, -0.2) is 0 Å². The highest BCUT2D eigenvalue weighted by atomic mass is 16.5. The lowest BCUT2D eigenvalue weighted by Gasteiger charge is -2.05. The SMILES string of the molecule is CCCCCCCCCCCCOC(=O)CCCCCCCNC(C)=O. The first-order valence-corrected chi connectivity index (χ1v) is 11.1. The first-order chi connectivity index (χ1) is 12.7. The van der Waals surface area contributed by atoms with Gasteiger partial charge in [0.2, 0.25) is 5.91 Å². The topological polar surface area (TPSA) is 55.4 Å². The Morgan fingerprint density at radius 1 is 0.692 bits per heavy atom. The summed E-state index contributed by atoms with van der Waals surface area (Å²) in [5.41, 5.74) is 0. The number of carbonyl (C=O) groups is 2. The maximum Gasteiger partial charge on any atom is 0.305 e. The Balaban J connectivity index is 3.16. The molecular weight excluding hydrogens is 326 g/mol. The van der Waals surface area contributed by atoms with E-state index in [2.05, 4.69) is 12.2 Å². The predicted octanol–water partition coefficient (Wildman–Crippen LogP) is 5.93. The molecular formula is C22H43NO3. The molecule has 0 radical (unpaired) electrons. The van der Waals surface area contributed by atoms with Crippen LogP contribution in [0, 0.1) is 0 Å². The predicted molar refractivity (Wildman–Crippen MR) is 109 cm³/mol. The molecule has 4 heteroatoms. The summed E-state index contributed by atoms with van der Waals surface area (Å²) in [6.07, 6.45) is 18.7. The molecule has 0 aromatic heterocycles. The number of hydrogen-bond donors (Lipinski definition) is 1. The van der Waals surface area contributed by atoms with Crippen molar-refractivity contribution in [2.75, 3.05) is 13.2 Å². The van der Waals surface area contributed by atoms with Gasteiger partial charge in [-0.15, -0.1) is 0 Å². The van der Waals surface area contributed by atoms with E-state index in [1.165, 1.54) is 57.8 Å². The lowest BCUT2D eigenvalue weighted by atomic mass is 10.1. The summed E-state index contributed by atoms with van der Waals surface area (Å²) >= 11 is 0. The van der Waals surface area contributed by atoms with E-state index in [4.69, 9.17) is 4.74 Å². The van der Waals surface area contributed by atoms with E-state index in [0.29, 0.717) is 13.0 Å². The minimum absolute atomic E-state index is 0.0372. The second kappa shape index (κ2) is 20.3. The van der Waals surface area contributed by atoms with Crippen LogP contribution in [-0.2, 0) is 14.3 Å². The molecule has 1 amide bonds. The lowest BCUT2D eigenvalue weighted by molar-refractivity contribution is -0.143. The summed E-state index contributed by atoms with van der Waals surface area (Å²) < 4.78 is 5.30. The van der Waals surface area contributed by atoms with E-state index in [-0.39, 0.29) is 11.9 Å². The van der Waals surface area contributed by atoms with Gasteiger partial charge in [-0.05, 0) is 19.3 Å². The average Bonchev–Trinajstić information content (AvgIpc) is 2.61. The second-order valence-electron chi connectivity index (χ2n) is 7.40. The minimum Gasteiger partial charge on any atom is -0.466 e.